The molecule has 4 aromatic heterocycles. The molecule has 0 saturated carbocycles. The number of carbonyl (C=O) groups is 2. The fourth-order valence-electron chi connectivity index (χ4n) is 4.05. The molecule has 0 amide bonds. The number of rotatable bonds is 6. The van der Waals surface area contributed by atoms with Crippen molar-refractivity contribution in [3.63, 3.8) is 0 Å². The second-order valence-corrected chi connectivity index (χ2v) is 19.3. The molecule has 0 bridgehead atoms. The maximum atomic E-state index is 12.0. The van der Waals surface area contributed by atoms with Gasteiger partial charge in [0.1, 0.15) is 0 Å². The highest BCUT2D eigenvalue weighted by molar-refractivity contribution is 8.24. The largest absolute Gasteiger partial charge is 0.461 e. The molecular formula is C30H21Cl6N4O6PS2. The van der Waals surface area contributed by atoms with Crippen LogP contribution in [0.4, 0.5) is 0 Å². The zero-order valence-corrected chi connectivity index (χ0v) is 32.1. The van der Waals surface area contributed by atoms with Crippen LogP contribution in [0.25, 0.3) is 41.1 Å². The van der Waals surface area contributed by atoms with Gasteiger partial charge in [-0.15, -0.1) is 32.9 Å². The zero-order valence-electron chi connectivity index (χ0n) is 25.0. The predicted octanol–water partition coefficient (Wildman–Crippen LogP) is 11.1. The Bertz CT molecular complexity index is 2220. The number of thiophene rings is 2. The first-order chi connectivity index (χ1) is 23.2. The van der Waals surface area contributed by atoms with Crippen LogP contribution in [-0.4, -0.2) is 45.5 Å². The monoisotopic (exact) mass is 838 g/mol. The molecule has 0 spiro atoms. The molecule has 0 aliphatic carbocycles. The third-order valence-corrected chi connectivity index (χ3v) is 9.23. The lowest BCUT2D eigenvalue weighted by atomic mass is 10.2. The lowest BCUT2D eigenvalue weighted by molar-refractivity contribution is 0.0511. The topological polar surface area (TPSA) is 141 Å². The van der Waals surface area contributed by atoms with Gasteiger partial charge < -0.3 is 9.47 Å². The Kier molecular flexibility index (Phi) is 13.9. The Morgan fingerprint density at radius 1 is 0.735 bits per heavy atom. The van der Waals surface area contributed by atoms with Crippen molar-refractivity contribution < 1.29 is 23.6 Å². The van der Waals surface area contributed by atoms with Crippen LogP contribution in [0, 0.1) is 0 Å². The van der Waals surface area contributed by atoms with Crippen LogP contribution >= 0.6 is 96.4 Å². The Balaban J connectivity index is 0.000000194. The first kappa shape index (κ1) is 39.0. The van der Waals surface area contributed by atoms with E-state index < -0.39 is 17.1 Å². The number of hydrogen-bond acceptors (Lipinski definition) is 11. The molecule has 6 rings (SSSR count). The molecule has 0 unspecified atom stereocenters. The highest BCUT2D eigenvalue weighted by atomic mass is 36.0. The number of carbonyl (C=O) groups excluding carboxylic acids is 2. The molecule has 6 aromatic rings. The molecular weight excluding hydrogens is 820 g/mol. The molecule has 256 valence electrons. The fourth-order valence-corrected chi connectivity index (χ4v) is 6.82. The van der Waals surface area contributed by atoms with Gasteiger partial charge in [0.05, 0.1) is 28.0 Å². The number of benzene rings is 2. The van der Waals surface area contributed by atoms with Crippen molar-refractivity contribution in [3.05, 3.63) is 97.6 Å². The van der Waals surface area contributed by atoms with E-state index >= 15 is 0 Å². The van der Waals surface area contributed by atoms with Gasteiger partial charge >= 0.3 is 17.1 Å². The third kappa shape index (κ3) is 10.6. The molecule has 1 N–H and O–H groups in total. The van der Waals surface area contributed by atoms with Gasteiger partial charge in [-0.1, -0.05) is 59.1 Å². The fraction of sp³-hybridized carbons (Fsp3) is 0.133. The van der Waals surface area contributed by atoms with Crippen molar-refractivity contribution in [2.75, 3.05) is 13.2 Å². The smallest absolute Gasteiger partial charge is 0.360 e. The van der Waals surface area contributed by atoms with Gasteiger partial charge in [0, 0.05) is 25.2 Å². The average molecular weight is 841 g/mol. The number of hydrogen-bond donors (Lipinski definition) is 1. The maximum Gasteiger partial charge on any atom is 0.360 e. The van der Waals surface area contributed by atoms with E-state index in [9.17, 15) is 18.9 Å². The van der Waals surface area contributed by atoms with Crippen molar-refractivity contribution in [2.24, 2.45) is 0 Å². The molecule has 0 aliphatic rings. The van der Waals surface area contributed by atoms with Crippen LogP contribution in [0.5, 0.6) is 0 Å². The number of aromatic nitrogens is 4. The van der Waals surface area contributed by atoms with E-state index in [1.807, 2.05) is 42.5 Å². The standard InChI is InChI=1S/C15H10Cl2N2O2S.C15H11ClN2O3S.Cl3OP/c1-2-21-15(20)12-13-10(14(17)19-18-12)7-11(22-13)8-3-5-9(16)6-4-8;1-2-21-15(20)12-13-10(14(19)18-17-12)7-11(22-13)8-3-5-9(16)6-4-8;1-5(2,3)4/h3-7H,2H2,1H3;3-7H,2H2,1H3,(H,18,19);. The van der Waals surface area contributed by atoms with Crippen molar-refractivity contribution in [2.45, 2.75) is 13.8 Å². The number of halogens is 6. The number of nitrogens with one attached hydrogen (secondary N) is 1. The van der Waals surface area contributed by atoms with E-state index in [2.05, 4.69) is 54.1 Å². The van der Waals surface area contributed by atoms with Gasteiger partial charge in [0.15, 0.2) is 16.5 Å². The van der Waals surface area contributed by atoms with Crippen LogP contribution < -0.4 is 5.56 Å². The van der Waals surface area contributed by atoms with Crippen molar-refractivity contribution in [3.8, 4) is 20.9 Å². The van der Waals surface area contributed by atoms with Crippen LogP contribution in [-0.2, 0) is 14.0 Å². The molecule has 49 heavy (non-hydrogen) atoms. The van der Waals surface area contributed by atoms with Gasteiger partial charge in [-0.05, 0) is 95.1 Å². The molecule has 2 aromatic carbocycles. The van der Waals surface area contributed by atoms with Gasteiger partial charge in [-0.2, -0.15) is 5.10 Å². The van der Waals surface area contributed by atoms with E-state index in [1.165, 1.54) is 22.7 Å². The molecule has 10 nitrogen and oxygen atoms in total. The summed E-state index contributed by atoms with van der Waals surface area (Å²) < 4.78 is 20.7. The second-order valence-electron chi connectivity index (χ2n) is 9.30. The number of fused-ring (bicyclic) bond motifs is 2. The lowest BCUT2D eigenvalue weighted by Gasteiger charge is -2.01. The minimum atomic E-state index is -3.22. The minimum absolute atomic E-state index is 0.127. The van der Waals surface area contributed by atoms with Crippen molar-refractivity contribution in [1.29, 1.82) is 0 Å². The number of H-pyrrole nitrogens is 1. The zero-order chi connectivity index (χ0) is 35.9. The van der Waals surface area contributed by atoms with E-state index in [0.717, 1.165) is 20.9 Å². The lowest BCUT2D eigenvalue weighted by Crippen LogP contribution is -2.14. The summed E-state index contributed by atoms with van der Waals surface area (Å²) in [5.41, 5.74) is 1.88. The molecule has 0 atom stereocenters. The van der Waals surface area contributed by atoms with Crippen molar-refractivity contribution in [1.82, 2.24) is 20.4 Å². The predicted molar refractivity (Wildman–Crippen MR) is 201 cm³/mol. The van der Waals surface area contributed by atoms with Gasteiger partial charge in [0.2, 0.25) is 0 Å². The highest BCUT2D eigenvalue weighted by Crippen LogP contribution is 2.61. The number of aromatic amines is 1. The summed E-state index contributed by atoms with van der Waals surface area (Å²) >= 11 is 34.5. The third-order valence-electron chi connectivity index (χ3n) is 6.06. The molecule has 0 aliphatic heterocycles. The number of esters is 2. The van der Waals surface area contributed by atoms with Crippen LogP contribution in [0.1, 0.15) is 34.8 Å². The summed E-state index contributed by atoms with van der Waals surface area (Å²) in [5.74, 6) is -1.05. The van der Waals surface area contributed by atoms with E-state index in [1.54, 1.807) is 32.0 Å². The highest BCUT2D eigenvalue weighted by Gasteiger charge is 2.20. The maximum absolute atomic E-state index is 12.0. The molecule has 0 radical (unpaired) electrons. The number of ether oxygens (including phenoxy) is 2. The van der Waals surface area contributed by atoms with Crippen LogP contribution in [0.15, 0.2) is 65.5 Å². The summed E-state index contributed by atoms with van der Waals surface area (Å²) in [6, 6.07) is 18.3. The van der Waals surface area contributed by atoms with E-state index in [4.69, 9.17) is 44.3 Å². The minimum Gasteiger partial charge on any atom is -0.461 e. The molecule has 0 fully saturated rings. The Morgan fingerprint density at radius 3 is 1.63 bits per heavy atom. The summed E-state index contributed by atoms with van der Waals surface area (Å²) in [4.78, 5) is 37.7. The summed E-state index contributed by atoms with van der Waals surface area (Å²) in [5, 5.41) is 13.3. The molecule has 19 heteroatoms. The van der Waals surface area contributed by atoms with Crippen LogP contribution in [0.2, 0.25) is 15.2 Å². The normalized spacial score (nSPS) is 10.9. The number of nitrogens with zero attached hydrogens (tertiary/aromatic N) is 3. The Morgan fingerprint density at radius 2 is 1.16 bits per heavy atom. The Hall–Kier alpha value is -2.77. The average Bonchev–Trinajstić information content (AvgIpc) is 3.69. The summed E-state index contributed by atoms with van der Waals surface area (Å²) in [7, 11) is 0. The first-order valence-corrected chi connectivity index (χ1v) is 20.9. The van der Waals surface area contributed by atoms with E-state index in [-0.39, 0.29) is 35.3 Å². The van der Waals surface area contributed by atoms with E-state index in [0.29, 0.717) is 30.2 Å². The second kappa shape index (κ2) is 17.4. The first-order valence-electron chi connectivity index (χ1n) is 13.7. The van der Waals surface area contributed by atoms with Gasteiger partial charge in [-0.3, -0.25) is 9.36 Å². The summed E-state index contributed by atoms with van der Waals surface area (Å²) in [6.07, 6.45) is 0. The molecule has 0 saturated heterocycles. The Labute approximate surface area is 315 Å². The van der Waals surface area contributed by atoms with Gasteiger partial charge in [-0.25, -0.2) is 14.7 Å². The van der Waals surface area contributed by atoms with Crippen molar-refractivity contribution >= 4 is 129 Å². The SMILES string of the molecule is CCOC(=O)c1n[nH]c(=O)c2cc(-c3ccc(Cl)cc3)sc12.CCOC(=O)c1nnc(Cl)c2cc(-c3ccc(Cl)cc3)sc12.O=P(Cl)(Cl)Cl. The quantitative estimate of drug-likeness (QED) is 0.128. The molecule has 4 heterocycles. The van der Waals surface area contributed by atoms with Gasteiger partial charge in [0.25, 0.3) is 5.56 Å². The summed E-state index contributed by atoms with van der Waals surface area (Å²) in [6.45, 7) is 3.98. The van der Waals surface area contributed by atoms with Crippen LogP contribution in [0.3, 0.4) is 0 Å².